The molecule has 19 heavy (non-hydrogen) atoms. The molecule has 3 rings (SSSR count). The van der Waals surface area contributed by atoms with Gasteiger partial charge >= 0.3 is 0 Å². The third-order valence-corrected chi connectivity index (χ3v) is 3.07. The number of para-hydroxylation sites is 3. The number of anilines is 3. The van der Waals surface area contributed by atoms with Crippen LogP contribution in [0.4, 0.5) is 17.1 Å². The van der Waals surface area contributed by atoms with Gasteiger partial charge in [-0.1, -0.05) is 30.3 Å². The fraction of sp³-hybridized carbons (Fsp3) is 0.0625. The average Bonchev–Trinajstić information content (AvgIpc) is 2.41. The summed E-state index contributed by atoms with van der Waals surface area (Å²) in [5.74, 6) is 0. The van der Waals surface area contributed by atoms with Crippen molar-refractivity contribution >= 4 is 28.0 Å². The first kappa shape index (κ1) is 11.5. The second kappa shape index (κ2) is 4.61. The number of hydrogen-bond donors (Lipinski definition) is 2. The lowest BCUT2D eigenvalue weighted by Gasteiger charge is -2.12. The Bertz CT molecular complexity index is 735. The van der Waals surface area contributed by atoms with Crippen LogP contribution < -0.4 is 11.1 Å². The van der Waals surface area contributed by atoms with E-state index < -0.39 is 0 Å². The molecule has 0 bridgehead atoms. The first-order valence-electron chi connectivity index (χ1n) is 6.22. The molecule has 0 aliphatic carbocycles. The smallest absolute Gasteiger partial charge is 0.0726 e. The number of pyridine rings is 1. The Labute approximate surface area is 112 Å². The van der Waals surface area contributed by atoms with Gasteiger partial charge in [0.2, 0.25) is 0 Å². The van der Waals surface area contributed by atoms with Crippen LogP contribution in [0.25, 0.3) is 10.9 Å². The molecule has 0 unspecified atom stereocenters. The molecule has 3 aromatic rings. The van der Waals surface area contributed by atoms with Gasteiger partial charge in [0.25, 0.3) is 0 Å². The normalized spacial score (nSPS) is 10.6. The maximum atomic E-state index is 5.97. The second-order valence-corrected chi connectivity index (χ2v) is 4.54. The Balaban J connectivity index is 2.13. The maximum Gasteiger partial charge on any atom is 0.0726 e. The molecule has 0 fully saturated rings. The number of rotatable bonds is 2. The number of benzene rings is 2. The number of nitrogens with one attached hydrogen (secondary N) is 1. The summed E-state index contributed by atoms with van der Waals surface area (Å²) < 4.78 is 0. The lowest BCUT2D eigenvalue weighted by atomic mass is 10.1. The van der Waals surface area contributed by atoms with Gasteiger partial charge in [0.1, 0.15) is 0 Å². The van der Waals surface area contributed by atoms with Crippen LogP contribution >= 0.6 is 0 Å². The Morgan fingerprint density at radius 3 is 2.53 bits per heavy atom. The number of nitrogens with zero attached hydrogens (tertiary/aromatic N) is 1. The topological polar surface area (TPSA) is 50.9 Å². The van der Waals surface area contributed by atoms with E-state index in [1.807, 2.05) is 55.5 Å². The first-order valence-corrected chi connectivity index (χ1v) is 6.22. The summed E-state index contributed by atoms with van der Waals surface area (Å²) in [7, 11) is 0. The van der Waals surface area contributed by atoms with Crippen molar-refractivity contribution < 1.29 is 0 Å². The number of nitrogen functional groups attached to an aromatic ring is 1. The highest BCUT2D eigenvalue weighted by Crippen LogP contribution is 2.28. The molecule has 3 nitrogen and oxygen atoms in total. The second-order valence-electron chi connectivity index (χ2n) is 4.54. The van der Waals surface area contributed by atoms with Gasteiger partial charge < -0.3 is 11.1 Å². The summed E-state index contributed by atoms with van der Waals surface area (Å²) in [6, 6.07) is 17.9. The van der Waals surface area contributed by atoms with E-state index >= 15 is 0 Å². The predicted molar refractivity (Wildman–Crippen MR) is 80.6 cm³/mol. The van der Waals surface area contributed by atoms with Gasteiger partial charge in [-0.05, 0) is 31.2 Å². The number of hydrogen-bond acceptors (Lipinski definition) is 3. The van der Waals surface area contributed by atoms with E-state index in [2.05, 4.69) is 16.4 Å². The van der Waals surface area contributed by atoms with Crippen LogP contribution in [-0.2, 0) is 0 Å². The summed E-state index contributed by atoms with van der Waals surface area (Å²) in [4.78, 5) is 4.53. The van der Waals surface area contributed by atoms with Crippen LogP contribution in [0.1, 0.15) is 5.69 Å². The molecule has 1 aromatic heterocycles. The zero-order valence-corrected chi connectivity index (χ0v) is 10.7. The standard InChI is InChI=1S/C16H15N3/c1-11-10-16(12-6-2-4-8-14(12)18-11)19-15-9-5-3-7-13(15)17/h2-10H,17H2,1H3,(H,18,19). The van der Waals surface area contributed by atoms with Crippen molar-refractivity contribution in [3.05, 3.63) is 60.3 Å². The van der Waals surface area contributed by atoms with Gasteiger partial charge in [-0.3, -0.25) is 4.98 Å². The number of aryl methyl sites for hydroxylation is 1. The molecule has 0 saturated heterocycles. The highest BCUT2D eigenvalue weighted by molar-refractivity contribution is 5.94. The van der Waals surface area contributed by atoms with Gasteiger partial charge in [-0.2, -0.15) is 0 Å². The summed E-state index contributed by atoms with van der Waals surface area (Å²) in [5, 5.41) is 4.48. The summed E-state index contributed by atoms with van der Waals surface area (Å²) in [5.41, 5.74) is 10.6. The lowest BCUT2D eigenvalue weighted by molar-refractivity contribution is 1.25. The molecule has 3 N–H and O–H groups in total. The van der Waals surface area contributed by atoms with Crippen LogP contribution in [0.15, 0.2) is 54.6 Å². The van der Waals surface area contributed by atoms with Crippen LogP contribution in [-0.4, -0.2) is 4.98 Å². The molecule has 2 aromatic carbocycles. The minimum absolute atomic E-state index is 0.737. The Hall–Kier alpha value is -2.55. The monoisotopic (exact) mass is 249 g/mol. The zero-order chi connectivity index (χ0) is 13.2. The summed E-state index contributed by atoms with van der Waals surface area (Å²) in [6.07, 6.45) is 0. The van der Waals surface area contributed by atoms with Crippen molar-refractivity contribution in [2.45, 2.75) is 6.92 Å². The van der Waals surface area contributed by atoms with Gasteiger partial charge in [-0.15, -0.1) is 0 Å². The SMILES string of the molecule is Cc1cc(Nc2ccccc2N)c2ccccc2n1. The molecule has 94 valence electrons. The molecule has 0 spiro atoms. The van der Waals surface area contributed by atoms with Crippen LogP contribution in [0.5, 0.6) is 0 Å². The van der Waals surface area contributed by atoms with Crippen LogP contribution in [0.3, 0.4) is 0 Å². The van der Waals surface area contributed by atoms with Crippen molar-refractivity contribution in [3.63, 3.8) is 0 Å². The van der Waals surface area contributed by atoms with Crippen LogP contribution in [0.2, 0.25) is 0 Å². The third-order valence-electron chi connectivity index (χ3n) is 3.07. The largest absolute Gasteiger partial charge is 0.397 e. The van der Waals surface area contributed by atoms with Gasteiger partial charge in [0.15, 0.2) is 0 Å². The van der Waals surface area contributed by atoms with Gasteiger partial charge in [-0.25, -0.2) is 0 Å². The number of nitrogens with two attached hydrogens (primary N) is 1. The molecule has 0 aliphatic rings. The van der Waals surface area contributed by atoms with E-state index in [0.717, 1.165) is 33.7 Å². The van der Waals surface area contributed by atoms with Gasteiger partial charge in [0.05, 0.1) is 16.9 Å². The maximum absolute atomic E-state index is 5.97. The van der Waals surface area contributed by atoms with Crippen molar-refractivity contribution in [1.29, 1.82) is 0 Å². The lowest BCUT2D eigenvalue weighted by Crippen LogP contribution is -1.98. The number of aromatic nitrogens is 1. The Morgan fingerprint density at radius 2 is 1.68 bits per heavy atom. The highest BCUT2D eigenvalue weighted by Gasteiger charge is 2.05. The van der Waals surface area contributed by atoms with Crippen LogP contribution in [0, 0.1) is 6.92 Å². The zero-order valence-electron chi connectivity index (χ0n) is 10.7. The minimum atomic E-state index is 0.737. The first-order chi connectivity index (χ1) is 9.24. The molecular formula is C16H15N3. The van der Waals surface area contributed by atoms with Crippen molar-refractivity contribution in [1.82, 2.24) is 4.98 Å². The average molecular weight is 249 g/mol. The molecule has 0 radical (unpaired) electrons. The minimum Gasteiger partial charge on any atom is -0.397 e. The quantitative estimate of drug-likeness (QED) is 0.678. The summed E-state index contributed by atoms with van der Waals surface area (Å²) in [6.45, 7) is 1.99. The van der Waals surface area contributed by atoms with E-state index in [9.17, 15) is 0 Å². The van der Waals surface area contributed by atoms with E-state index in [1.54, 1.807) is 0 Å². The van der Waals surface area contributed by atoms with E-state index in [-0.39, 0.29) is 0 Å². The predicted octanol–water partition coefficient (Wildman–Crippen LogP) is 3.87. The third kappa shape index (κ3) is 2.22. The van der Waals surface area contributed by atoms with E-state index in [4.69, 9.17) is 5.73 Å². The molecule has 0 amide bonds. The van der Waals surface area contributed by atoms with E-state index in [1.165, 1.54) is 0 Å². The fourth-order valence-corrected chi connectivity index (χ4v) is 2.17. The molecule has 3 heteroatoms. The summed E-state index contributed by atoms with van der Waals surface area (Å²) >= 11 is 0. The van der Waals surface area contributed by atoms with Crippen molar-refractivity contribution in [2.75, 3.05) is 11.1 Å². The number of fused-ring (bicyclic) bond motifs is 1. The molecular weight excluding hydrogens is 234 g/mol. The van der Waals surface area contributed by atoms with Gasteiger partial charge in [0, 0.05) is 16.8 Å². The highest BCUT2D eigenvalue weighted by atomic mass is 14.9. The molecule has 1 heterocycles. The molecule has 0 saturated carbocycles. The molecule has 0 aliphatic heterocycles. The van der Waals surface area contributed by atoms with E-state index in [0.29, 0.717) is 0 Å². The Morgan fingerprint density at radius 1 is 0.947 bits per heavy atom. The molecule has 0 atom stereocenters. The van der Waals surface area contributed by atoms with Crippen molar-refractivity contribution in [3.8, 4) is 0 Å². The Kier molecular flexibility index (Phi) is 2.80. The van der Waals surface area contributed by atoms with Crippen molar-refractivity contribution in [2.24, 2.45) is 0 Å². The fourth-order valence-electron chi connectivity index (χ4n) is 2.17.